The van der Waals surface area contributed by atoms with Crippen LogP contribution in [-0.2, 0) is 32.2 Å². The lowest BCUT2D eigenvalue weighted by molar-refractivity contribution is -0.153. The van der Waals surface area contributed by atoms with Crippen LogP contribution < -0.4 is 0 Å². The van der Waals surface area contributed by atoms with Crippen LogP contribution in [0.25, 0.3) is 0 Å². The largest absolute Gasteiger partial charge is 0.465 e. The smallest absolute Gasteiger partial charge is 0.416 e. The molecule has 7 heteroatoms. The lowest BCUT2D eigenvalue weighted by Gasteiger charge is -2.31. The lowest BCUT2D eigenvalue weighted by Crippen LogP contribution is -2.47. The van der Waals surface area contributed by atoms with E-state index >= 15 is 0 Å². The molecule has 2 aromatic carbocycles. The van der Waals surface area contributed by atoms with Gasteiger partial charge in [0.15, 0.2) is 0 Å². The first-order valence-electron chi connectivity index (χ1n) is 11.0. The molecule has 7 nitrogen and oxygen atoms in total. The third kappa shape index (κ3) is 5.95. The van der Waals surface area contributed by atoms with Gasteiger partial charge >= 0.3 is 12.1 Å². The molecule has 1 heterocycles. The molecule has 2 aromatic rings. The fraction of sp³-hybridized carbons (Fsp3) is 0.400. The van der Waals surface area contributed by atoms with Crippen molar-refractivity contribution in [2.24, 2.45) is 0 Å². The Bertz CT molecular complexity index is 862. The number of rotatable bonds is 10. The highest BCUT2D eigenvalue weighted by atomic mass is 16.6. The average molecular weight is 439 g/mol. The van der Waals surface area contributed by atoms with E-state index in [1.807, 2.05) is 72.5 Å². The highest BCUT2D eigenvalue weighted by Crippen LogP contribution is 2.21. The second-order valence-electron chi connectivity index (χ2n) is 7.75. The van der Waals surface area contributed by atoms with Crippen molar-refractivity contribution in [3.63, 3.8) is 0 Å². The molecule has 1 saturated heterocycles. The minimum Gasteiger partial charge on any atom is -0.465 e. The number of amides is 2. The Morgan fingerprint density at radius 1 is 1.03 bits per heavy atom. The van der Waals surface area contributed by atoms with Crippen molar-refractivity contribution in [1.82, 2.24) is 9.80 Å². The number of cyclic esters (lactones) is 1. The van der Waals surface area contributed by atoms with E-state index in [1.165, 1.54) is 0 Å². The molecule has 32 heavy (non-hydrogen) atoms. The van der Waals surface area contributed by atoms with Crippen LogP contribution in [-0.4, -0.2) is 53.1 Å². The summed E-state index contributed by atoms with van der Waals surface area (Å²) in [5.74, 6) is -0.906. The van der Waals surface area contributed by atoms with Crippen LogP contribution in [0.4, 0.5) is 4.79 Å². The summed E-state index contributed by atoms with van der Waals surface area (Å²) >= 11 is 0. The van der Waals surface area contributed by atoms with Crippen LogP contribution >= 0.6 is 0 Å². The number of esters is 1. The van der Waals surface area contributed by atoms with Gasteiger partial charge in [-0.05, 0) is 24.5 Å². The van der Waals surface area contributed by atoms with E-state index in [1.54, 1.807) is 6.92 Å². The fourth-order valence-electron chi connectivity index (χ4n) is 3.84. The van der Waals surface area contributed by atoms with Gasteiger partial charge in [0, 0.05) is 13.1 Å². The van der Waals surface area contributed by atoms with Crippen LogP contribution in [0.3, 0.4) is 0 Å². The number of ether oxygens (including phenoxy) is 2. The Morgan fingerprint density at radius 2 is 1.59 bits per heavy atom. The third-order valence-electron chi connectivity index (χ3n) is 5.53. The third-order valence-corrected chi connectivity index (χ3v) is 5.53. The van der Waals surface area contributed by atoms with Gasteiger partial charge in [0.2, 0.25) is 5.91 Å². The van der Waals surface area contributed by atoms with E-state index in [0.717, 1.165) is 16.0 Å². The highest BCUT2D eigenvalue weighted by Gasteiger charge is 2.40. The zero-order chi connectivity index (χ0) is 22.9. The van der Waals surface area contributed by atoms with Gasteiger partial charge in [0.25, 0.3) is 0 Å². The Morgan fingerprint density at radius 3 is 2.09 bits per heavy atom. The molecule has 0 unspecified atom stereocenters. The number of nitrogens with zero attached hydrogens (tertiary/aromatic N) is 2. The van der Waals surface area contributed by atoms with Gasteiger partial charge in [0.05, 0.1) is 19.1 Å². The van der Waals surface area contributed by atoms with Crippen LogP contribution in [0.5, 0.6) is 0 Å². The minimum absolute atomic E-state index is 0.163. The molecule has 170 valence electrons. The van der Waals surface area contributed by atoms with Gasteiger partial charge < -0.3 is 9.47 Å². The van der Waals surface area contributed by atoms with Crippen LogP contribution in [0.1, 0.15) is 37.8 Å². The van der Waals surface area contributed by atoms with E-state index < -0.39 is 24.0 Å². The molecule has 3 rings (SSSR count). The summed E-state index contributed by atoms with van der Waals surface area (Å²) in [6, 6.07) is 18.4. The van der Waals surface area contributed by atoms with Crippen molar-refractivity contribution in [2.45, 2.75) is 51.9 Å². The molecule has 0 spiro atoms. The molecule has 0 N–H and O–H groups in total. The highest BCUT2D eigenvalue weighted by molar-refractivity contribution is 5.95. The summed E-state index contributed by atoms with van der Waals surface area (Å²) in [6.07, 6.45) is -0.217. The number of carbonyl (C=O) groups excluding carboxylic acids is 3. The number of carbonyl (C=O) groups is 3. The second-order valence-corrected chi connectivity index (χ2v) is 7.75. The van der Waals surface area contributed by atoms with Crippen LogP contribution in [0, 0.1) is 0 Å². The van der Waals surface area contributed by atoms with Crippen molar-refractivity contribution >= 4 is 18.0 Å². The molecule has 0 bridgehead atoms. The van der Waals surface area contributed by atoms with Crippen LogP contribution in [0.2, 0.25) is 0 Å². The fourth-order valence-corrected chi connectivity index (χ4v) is 3.84. The normalized spacial score (nSPS) is 16.7. The maximum Gasteiger partial charge on any atom is 0.416 e. The topological polar surface area (TPSA) is 76.2 Å². The van der Waals surface area contributed by atoms with Gasteiger partial charge in [-0.2, -0.15) is 0 Å². The molecule has 2 amide bonds. The number of benzene rings is 2. The Kier molecular flexibility index (Phi) is 8.39. The average Bonchev–Trinajstić information content (AvgIpc) is 3.19. The summed E-state index contributed by atoms with van der Waals surface area (Å²) in [5.41, 5.74) is 2.02. The number of hydrogen-bond donors (Lipinski definition) is 0. The molecule has 1 aliphatic heterocycles. The van der Waals surface area contributed by atoms with Crippen molar-refractivity contribution in [3.05, 3.63) is 71.8 Å². The summed E-state index contributed by atoms with van der Waals surface area (Å²) in [4.78, 5) is 41.4. The summed E-state index contributed by atoms with van der Waals surface area (Å²) in [7, 11) is 0. The number of imide groups is 1. The van der Waals surface area contributed by atoms with Gasteiger partial charge in [-0.15, -0.1) is 0 Å². The molecule has 1 aliphatic rings. The minimum atomic E-state index is -0.839. The van der Waals surface area contributed by atoms with Gasteiger partial charge in [-0.1, -0.05) is 67.6 Å². The standard InChI is InChI=1S/C25H30N2O5/c1-3-21-18-32-25(30)27(21)23(28)15-22(24(29)31-4-2)26(16-19-11-7-5-8-12-19)17-20-13-9-6-10-14-20/h5-14,21-22H,3-4,15-18H2,1-2H3/t21-,22-/m1/s1. The Balaban J connectivity index is 1.89. The molecular formula is C25H30N2O5. The maximum atomic E-state index is 13.1. The summed E-state index contributed by atoms with van der Waals surface area (Å²) < 4.78 is 10.4. The monoisotopic (exact) mass is 438 g/mol. The first-order valence-corrected chi connectivity index (χ1v) is 11.0. The molecule has 0 aromatic heterocycles. The quantitative estimate of drug-likeness (QED) is 0.526. The predicted octanol–water partition coefficient (Wildman–Crippen LogP) is 3.77. The molecule has 0 saturated carbocycles. The number of hydrogen-bond acceptors (Lipinski definition) is 6. The summed E-state index contributed by atoms with van der Waals surface area (Å²) in [5, 5.41) is 0. The Labute approximate surface area is 188 Å². The van der Waals surface area contributed by atoms with Gasteiger partial charge in [-0.25, -0.2) is 9.69 Å². The van der Waals surface area contributed by atoms with Crippen molar-refractivity contribution in [2.75, 3.05) is 13.2 Å². The second kappa shape index (κ2) is 11.4. The SMILES string of the molecule is CCOC(=O)[C@@H](CC(=O)N1C(=O)OC[C@H]1CC)N(Cc1ccccc1)Cc1ccccc1. The van der Waals surface area contributed by atoms with E-state index in [4.69, 9.17) is 9.47 Å². The lowest BCUT2D eigenvalue weighted by atomic mass is 10.1. The van der Waals surface area contributed by atoms with Crippen molar-refractivity contribution in [1.29, 1.82) is 0 Å². The zero-order valence-corrected chi connectivity index (χ0v) is 18.6. The first-order chi connectivity index (χ1) is 15.5. The first kappa shape index (κ1) is 23.5. The maximum absolute atomic E-state index is 13.1. The summed E-state index contributed by atoms with van der Waals surface area (Å²) in [6.45, 7) is 4.93. The van der Waals surface area contributed by atoms with Crippen LogP contribution in [0.15, 0.2) is 60.7 Å². The van der Waals surface area contributed by atoms with Crippen molar-refractivity contribution in [3.8, 4) is 0 Å². The van der Waals surface area contributed by atoms with E-state index in [2.05, 4.69) is 0 Å². The Hall–Kier alpha value is -3.19. The van der Waals surface area contributed by atoms with E-state index in [-0.39, 0.29) is 25.7 Å². The van der Waals surface area contributed by atoms with Gasteiger partial charge in [0.1, 0.15) is 12.6 Å². The van der Waals surface area contributed by atoms with Gasteiger partial charge in [-0.3, -0.25) is 14.5 Å². The molecule has 0 aliphatic carbocycles. The molecule has 2 atom stereocenters. The van der Waals surface area contributed by atoms with E-state index in [9.17, 15) is 14.4 Å². The molecule has 0 radical (unpaired) electrons. The van der Waals surface area contributed by atoms with E-state index in [0.29, 0.717) is 19.5 Å². The molecular weight excluding hydrogens is 408 g/mol. The molecule has 1 fully saturated rings. The predicted molar refractivity (Wildman–Crippen MR) is 119 cm³/mol. The zero-order valence-electron chi connectivity index (χ0n) is 18.6. The van der Waals surface area contributed by atoms with Crippen molar-refractivity contribution < 1.29 is 23.9 Å².